The topological polar surface area (TPSA) is 50.4 Å². The van der Waals surface area contributed by atoms with Crippen molar-refractivity contribution in [1.82, 2.24) is 5.43 Å². The number of nitrogens with one attached hydrogen (secondary N) is 1. The summed E-state index contributed by atoms with van der Waals surface area (Å²) in [5.74, 6) is 0. The zero-order valence-electron chi connectivity index (χ0n) is 9.66. The van der Waals surface area contributed by atoms with E-state index in [-0.39, 0.29) is 5.11 Å². The molecule has 1 aromatic rings. The summed E-state index contributed by atoms with van der Waals surface area (Å²) in [4.78, 5) is 0. The van der Waals surface area contributed by atoms with Crippen molar-refractivity contribution in [3.05, 3.63) is 35.4 Å². The van der Waals surface area contributed by atoms with E-state index in [0.29, 0.717) is 0 Å². The molecular weight excluding hydrogens is 218 g/mol. The van der Waals surface area contributed by atoms with Crippen LogP contribution in [0.2, 0.25) is 0 Å². The SMILES string of the molecule is CCCc1ccc(C(C)=NNC(N)=S)cc1. The molecule has 1 rings (SSSR count). The van der Waals surface area contributed by atoms with Crippen molar-refractivity contribution in [3.63, 3.8) is 0 Å². The van der Waals surface area contributed by atoms with Crippen LogP contribution in [-0.2, 0) is 6.42 Å². The Morgan fingerprint density at radius 2 is 2.00 bits per heavy atom. The first-order valence-electron chi connectivity index (χ1n) is 5.32. The van der Waals surface area contributed by atoms with Crippen LogP contribution in [0.4, 0.5) is 0 Å². The highest BCUT2D eigenvalue weighted by Crippen LogP contribution is 2.07. The van der Waals surface area contributed by atoms with Crippen LogP contribution in [0.5, 0.6) is 0 Å². The minimum Gasteiger partial charge on any atom is -0.375 e. The Hall–Kier alpha value is -1.42. The van der Waals surface area contributed by atoms with Gasteiger partial charge >= 0.3 is 0 Å². The van der Waals surface area contributed by atoms with E-state index >= 15 is 0 Å². The van der Waals surface area contributed by atoms with Gasteiger partial charge in [-0.15, -0.1) is 0 Å². The lowest BCUT2D eigenvalue weighted by molar-refractivity contribution is 0.921. The summed E-state index contributed by atoms with van der Waals surface area (Å²) in [5, 5.41) is 4.25. The van der Waals surface area contributed by atoms with Crippen LogP contribution >= 0.6 is 12.2 Å². The van der Waals surface area contributed by atoms with E-state index in [1.807, 2.05) is 6.92 Å². The maximum Gasteiger partial charge on any atom is 0.184 e. The smallest absolute Gasteiger partial charge is 0.184 e. The van der Waals surface area contributed by atoms with Gasteiger partial charge < -0.3 is 5.73 Å². The largest absolute Gasteiger partial charge is 0.375 e. The number of aryl methyl sites for hydroxylation is 1. The quantitative estimate of drug-likeness (QED) is 0.478. The third-order valence-electron chi connectivity index (χ3n) is 2.24. The normalized spacial score (nSPS) is 11.2. The van der Waals surface area contributed by atoms with Gasteiger partial charge in [0.2, 0.25) is 0 Å². The Balaban J connectivity index is 2.73. The van der Waals surface area contributed by atoms with Gasteiger partial charge in [0.25, 0.3) is 0 Å². The molecule has 0 spiro atoms. The molecule has 86 valence electrons. The third-order valence-corrected chi connectivity index (χ3v) is 2.34. The molecule has 0 saturated heterocycles. The minimum absolute atomic E-state index is 0.182. The zero-order chi connectivity index (χ0) is 12.0. The summed E-state index contributed by atoms with van der Waals surface area (Å²) < 4.78 is 0. The van der Waals surface area contributed by atoms with Gasteiger partial charge in [-0.1, -0.05) is 37.6 Å². The molecule has 0 aliphatic carbocycles. The van der Waals surface area contributed by atoms with Crippen molar-refractivity contribution >= 4 is 23.0 Å². The van der Waals surface area contributed by atoms with Crippen molar-refractivity contribution in [2.75, 3.05) is 0 Å². The highest BCUT2D eigenvalue weighted by atomic mass is 32.1. The molecule has 0 unspecified atom stereocenters. The van der Waals surface area contributed by atoms with E-state index in [9.17, 15) is 0 Å². The van der Waals surface area contributed by atoms with Gasteiger partial charge in [0, 0.05) is 0 Å². The van der Waals surface area contributed by atoms with Crippen molar-refractivity contribution in [3.8, 4) is 0 Å². The standard InChI is InChI=1S/C12H17N3S/c1-3-4-10-5-7-11(8-6-10)9(2)14-15-12(13)16/h5-8H,3-4H2,1-2H3,(H3,13,15,16). The average molecular weight is 235 g/mol. The summed E-state index contributed by atoms with van der Waals surface area (Å²) in [6, 6.07) is 8.37. The summed E-state index contributed by atoms with van der Waals surface area (Å²) >= 11 is 4.68. The second-order valence-corrected chi connectivity index (χ2v) is 4.06. The lowest BCUT2D eigenvalue weighted by Crippen LogP contribution is -2.25. The molecule has 0 aliphatic heterocycles. The van der Waals surface area contributed by atoms with Crippen LogP contribution in [0.15, 0.2) is 29.4 Å². The molecule has 0 heterocycles. The lowest BCUT2D eigenvalue weighted by atomic mass is 10.1. The molecule has 4 heteroatoms. The first-order chi connectivity index (χ1) is 7.63. The first kappa shape index (κ1) is 12.6. The summed E-state index contributed by atoms with van der Waals surface area (Å²) in [6.45, 7) is 4.09. The van der Waals surface area contributed by atoms with E-state index in [0.717, 1.165) is 24.1 Å². The molecule has 3 nitrogen and oxygen atoms in total. The van der Waals surface area contributed by atoms with Crippen LogP contribution in [0, 0.1) is 0 Å². The summed E-state index contributed by atoms with van der Waals surface area (Å²) in [5.41, 5.74) is 11.2. The lowest BCUT2D eigenvalue weighted by Gasteiger charge is -2.03. The van der Waals surface area contributed by atoms with Gasteiger partial charge in [0.15, 0.2) is 5.11 Å². The fraction of sp³-hybridized carbons (Fsp3) is 0.333. The fourth-order valence-electron chi connectivity index (χ4n) is 1.40. The Kier molecular flexibility index (Phi) is 4.92. The van der Waals surface area contributed by atoms with Crippen molar-refractivity contribution in [1.29, 1.82) is 0 Å². The predicted octanol–water partition coefficient (Wildman–Crippen LogP) is 2.20. The molecule has 3 N–H and O–H groups in total. The molecule has 0 saturated carbocycles. The van der Waals surface area contributed by atoms with Crippen LogP contribution in [-0.4, -0.2) is 10.8 Å². The molecule has 16 heavy (non-hydrogen) atoms. The van der Waals surface area contributed by atoms with E-state index in [1.165, 1.54) is 5.56 Å². The van der Waals surface area contributed by atoms with Gasteiger partial charge in [0.05, 0.1) is 5.71 Å². The second-order valence-electron chi connectivity index (χ2n) is 3.62. The van der Waals surface area contributed by atoms with Gasteiger partial charge in [-0.05, 0) is 36.7 Å². The molecule has 0 aliphatic rings. The van der Waals surface area contributed by atoms with Gasteiger partial charge in [0.1, 0.15) is 0 Å². The van der Waals surface area contributed by atoms with Gasteiger partial charge in [-0.25, -0.2) is 0 Å². The van der Waals surface area contributed by atoms with Gasteiger partial charge in [-0.2, -0.15) is 5.10 Å². The van der Waals surface area contributed by atoms with Crippen molar-refractivity contribution in [2.45, 2.75) is 26.7 Å². The summed E-state index contributed by atoms with van der Waals surface area (Å²) in [6.07, 6.45) is 2.27. The monoisotopic (exact) mass is 235 g/mol. The molecule has 0 amide bonds. The molecule has 0 bridgehead atoms. The zero-order valence-corrected chi connectivity index (χ0v) is 10.5. The Morgan fingerprint density at radius 3 is 2.50 bits per heavy atom. The number of hydrazone groups is 1. The van der Waals surface area contributed by atoms with Crippen LogP contribution in [0.1, 0.15) is 31.4 Å². The Bertz CT molecular complexity index is 382. The minimum atomic E-state index is 0.182. The van der Waals surface area contributed by atoms with Crippen molar-refractivity contribution < 1.29 is 0 Å². The van der Waals surface area contributed by atoms with Gasteiger partial charge in [-0.3, -0.25) is 5.43 Å². The Morgan fingerprint density at radius 1 is 1.38 bits per heavy atom. The number of hydrogen-bond acceptors (Lipinski definition) is 2. The van der Waals surface area contributed by atoms with E-state index in [1.54, 1.807) is 0 Å². The van der Waals surface area contributed by atoms with E-state index < -0.39 is 0 Å². The third kappa shape index (κ3) is 3.98. The Labute approximate surface area is 102 Å². The van der Waals surface area contributed by atoms with Crippen LogP contribution in [0.25, 0.3) is 0 Å². The van der Waals surface area contributed by atoms with E-state index in [2.05, 4.69) is 53.9 Å². The van der Waals surface area contributed by atoms with E-state index in [4.69, 9.17) is 5.73 Å². The first-order valence-corrected chi connectivity index (χ1v) is 5.73. The number of hydrogen-bond donors (Lipinski definition) is 2. The summed E-state index contributed by atoms with van der Waals surface area (Å²) in [7, 11) is 0. The van der Waals surface area contributed by atoms with Crippen LogP contribution in [0.3, 0.4) is 0 Å². The fourth-order valence-corrected chi connectivity index (χ4v) is 1.45. The molecule has 0 aromatic heterocycles. The second kappa shape index (κ2) is 6.23. The molecule has 0 radical (unpaired) electrons. The molecule has 1 aromatic carbocycles. The maximum absolute atomic E-state index is 5.30. The van der Waals surface area contributed by atoms with Crippen molar-refractivity contribution in [2.24, 2.45) is 10.8 Å². The molecule has 0 fully saturated rings. The highest BCUT2D eigenvalue weighted by Gasteiger charge is 1.97. The number of thiocarbonyl (C=S) groups is 1. The number of rotatable bonds is 4. The number of benzene rings is 1. The number of nitrogens with zero attached hydrogens (tertiary/aromatic N) is 1. The number of nitrogens with two attached hydrogens (primary N) is 1. The highest BCUT2D eigenvalue weighted by molar-refractivity contribution is 7.80. The average Bonchev–Trinajstić information content (AvgIpc) is 2.27. The maximum atomic E-state index is 5.30. The molecular formula is C12H17N3S. The molecule has 0 atom stereocenters. The predicted molar refractivity (Wildman–Crippen MR) is 72.6 cm³/mol. The van der Waals surface area contributed by atoms with Crippen LogP contribution < -0.4 is 11.2 Å².